The van der Waals surface area contributed by atoms with Crippen molar-refractivity contribution in [3.63, 3.8) is 0 Å². The Bertz CT molecular complexity index is 790. The van der Waals surface area contributed by atoms with E-state index in [1.54, 1.807) is 37.3 Å². The average molecular weight is 347 g/mol. The molecular formula is C19H19F2NO3. The highest BCUT2D eigenvalue weighted by molar-refractivity contribution is 5.95. The van der Waals surface area contributed by atoms with Crippen molar-refractivity contribution < 1.29 is 23.0 Å². The molecule has 132 valence electrons. The Morgan fingerprint density at radius 2 is 1.88 bits per heavy atom. The molecule has 0 unspecified atom stereocenters. The zero-order chi connectivity index (χ0) is 18.0. The number of ether oxygens (including phenoxy) is 2. The molecule has 4 nitrogen and oxygen atoms in total. The number of amides is 1. The largest absolute Gasteiger partial charge is 0.497 e. The second-order valence-electron chi connectivity index (χ2n) is 5.97. The summed E-state index contributed by atoms with van der Waals surface area (Å²) in [5.41, 5.74) is 0.639. The van der Waals surface area contributed by atoms with Gasteiger partial charge in [0, 0.05) is 17.7 Å². The minimum atomic E-state index is -0.853. The van der Waals surface area contributed by atoms with Crippen LogP contribution in [0.5, 0.6) is 11.5 Å². The molecule has 1 aliphatic rings. The van der Waals surface area contributed by atoms with Crippen molar-refractivity contribution in [3.8, 4) is 11.5 Å². The van der Waals surface area contributed by atoms with E-state index in [0.717, 1.165) is 30.5 Å². The van der Waals surface area contributed by atoms with Crippen molar-refractivity contribution in [2.75, 3.05) is 14.2 Å². The summed E-state index contributed by atoms with van der Waals surface area (Å²) in [6, 6.07) is 8.38. The minimum Gasteiger partial charge on any atom is -0.497 e. The highest BCUT2D eigenvalue weighted by atomic mass is 19.1. The van der Waals surface area contributed by atoms with Gasteiger partial charge in [0.05, 0.1) is 26.3 Å². The van der Waals surface area contributed by atoms with Gasteiger partial charge in [0.2, 0.25) is 0 Å². The van der Waals surface area contributed by atoms with Gasteiger partial charge >= 0.3 is 0 Å². The lowest BCUT2D eigenvalue weighted by molar-refractivity contribution is 0.0723. The molecule has 0 N–H and O–H groups in total. The molecule has 2 aromatic rings. The Balaban J connectivity index is 1.91. The maximum Gasteiger partial charge on any atom is 0.257 e. The van der Waals surface area contributed by atoms with Crippen LogP contribution in [0.4, 0.5) is 8.78 Å². The monoisotopic (exact) mass is 347 g/mol. The third-order valence-electron chi connectivity index (χ3n) is 4.24. The van der Waals surface area contributed by atoms with Crippen LogP contribution in [0.3, 0.4) is 0 Å². The Kier molecular flexibility index (Phi) is 4.88. The van der Waals surface area contributed by atoms with Gasteiger partial charge in [-0.15, -0.1) is 0 Å². The van der Waals surface area contributed by atoms with Crippen LogP contribution in [0.15, 0.2) is 36.4 Å². The molecule has 1 fully saturated rings. The lowest BCUT2D eigenvalue weighted by atomic mass is 10.1. The number of benzene rings is 2. The Labute approximate surface area is 145 Å². The molecule has 6 heteroatoms. The summed E-state index contributed by atoms with van der Waals surface area (Å²) < 4.78 is 37.7. The van der Waals surface area contributed by atoms with Crippen LogP contribution in [-0.2, 0) is 6.54 Å². The van der Waals surface area contributed by atoms with E-state index in [9.17, 15) is 13.6 Å². The number of hydrogen-bond acceptors (Lipinski definition) is 3. The standard InChI is InChI=1S/C19H19F2NO3/c1-24-15-6-8-18(25-2)12(9-15)11-22(14-4-5-14)19(23)16-7-3-13(20)10-17(16)21/h3,6-10,14H,4-5,11H2,1-2H3. The lowest BCUT2D eigenvalue weighted by Gasteiger charge is -2.24. The van der Waals surface area contributed by atoms with E-state index in [1.165, 1.54) is 6.07 Å². The topological polar surface area (TPSA) is 38.8 Å². The first-order chi connectivity index (χ1) is 12.0. The molecule has 0 bridgehead atoms. The molecule has 3 rings (SSSR count). The predicted molar refractivity (Wildman–Crippen MR) is 88.8 cm³/mol. The van der Waals surface area contributed by atoms with Crippen LogP contribution in [0.2, 0.25) is 0 Å². The molecule has 1 aliphatic carbocycles. The van der Waals surface area contributed by atoms with E-state index < -0.39 is 17.5 Å². The minimum absolute atomic E-state index is 0.0489. The number of hydrogen-bond donors (Lipinski definition) is 0. The molecular weight excluding hydrogens is 328 g/mol. The van der Waals surface area contributed by atoms with Gasteiger partial charge in [-0.05, 0) is 43.2 Å². The van der Waals surface area contributed by atoms with Gasteiger partial charge in [0.15, 0.2) is 0 Å². The highest BCUT2D eigenvalue weighted by Crippen LogP contribution is 2.33. The fourth-order valence-electron chi connectivity index (χ4n) is 2.76. The molecule has 1 saturated carbocycles. The Morgan fingerprint density at radius 1 is 1.12 bits per heavy atom. The summed E-state index contributed by atoms with van der Waals surface area (Å²) in [5, 5.41) is 0. The smallest absolute Gasteiger partial charge is 0.257 e. The van der Waals surface area contributed by atoms with Gasteiger partial charge in [0.25, 0.3) is 5.91 Å². The first-order valence-electron chi connectivity index (χ1n) is 8.00. The maximum absolute atomic E-state index is 14.0. The zero-order valence-corrected chi connectivity index (χ0v) is 14.1. The molecule has 0 aliphatic heterocycles. The van der Waals surface area contributed by atoms with Crippen LogP contribution >= 0.6 is 0 Å². The van der Waals surface area contributed by atoms with E-state index in [4.69, 9.17) is 9.47 Å². The summed E-state index contributed by atoms with van der Waals surface area (Å²) in [5.74, 6) is -0.745. The average Bonchev–Trinajstić information content (AvgIpc) is 3.43. The van der Waals surface area contributed by atoms with Crippen molar-refractivity contribution in [2.24, 2.45) is 0 Å². The van der Waals surface area contributed by atoms with Gasteiger partial charge in [-0.3, -0.25) is 4.79 Å². The molecule has 0 radical (unpaired) electrons. The number of methoxy groups -OCH3 is 2. The van der Waals surface area contributed by atoms with Crippen LogP contribution < -0.4 is 9.47 Å². The summed E-state index contributed by atoms with van der Waals surface area (Å²) in [4.78, 5) is 14.4. The molecule has 0 aromatic heterocycles. The van der Waals surface area contributed by atoms with Crippen LogP contribution in [0.1, 0.15) is 28.8 Å². The first-order valence-corrected chi connectivity index (χ1v) is 8.00. The maximum atomic E-state index is 14.0. The second kappa shape index (κ2) is 7.09. The van der Waals surface area contributed by atoms with E-state index >= 15 is 0 Å². The summed E-state index contributed by atoms with van der Waals surface area (Å²) >= 11 is 0. The summed E-state index contributed by atoms with van der Waals surface area (Å²) in [7, 11) is 3.11. The second-order valence-corrected chi connectivity index (χ2v) is 5.97. The van der Waals surface area contributed by atoms with Gasteiger partial charge in [0.1, 0.15) is 23.1 Å². The fourth-order valence-corrected chi connectivity index (χ4v) is 2.76. The number of carbonyl (C=O) groups is 1. The third kappa shape index (κ3) is 3.73. The van der Waals surface area contributed by atoms with Gasteiger partial charge in [-0.1, -0.05) is 0 Å². The normalized spacial score (nSPS) is 13.4. The molecule has 2 aromatic carbocycles. The first kappa shape index (κ1) is 17.2. The fraction of sp³-hybridized carbons (Fsp3) is 0.316. The number of rotatable bonds is 6. The summed E-state index contributed by atoms with van der Waals surface area (Å²) in [6.07, 6.45) is 1.72. The van der Waals surface area contributed by atoms with E-state index in [1.807, 2.05) is 0 Å². The molecule has 0 saturated heterocycles. The molecule has 1 amide bonds. The third-order valence-corrected chi connectivity index (χ3v) is 4.24. The number of nitrogens with zero attached hydrogens (tertiary/aromatic N) is 1. The summed E-state index contributed by atoms with van der Waals surface area (Å²) in [6.45, 7) is 0.265. The van der Waals surface area contributed by atoms with Crippen LogP contribution in [-0.4, -0.2) is 31.1 Å². The van der Waals surface area contributed by atoms with Crippen molar-refractivity contribution in [3.05, 3.63) is 59.2 Å². The van der Waals surface area contributed by atoms with Crippen molar-refractivity contribution in [1.82, 2.24) is 4.90 Å². The molecule has 0 atom stereocenters. The van der Waals surface area contributed by atoms with Crippen molar-refractivity contribution in [2.45, 2.75) is 25.4 Å². The number of halogens is 2. The SMILES string of the molecule is COc1ccc(OC)c(CN(C(=O)c2ccc(F)cc2F)C2CC2)c1. The van der Waals surface area contributed by atoms with Crippen LogP contribution in [0.25, 0.3) is 0 Å². The quantitative estimate of drug-likeness (QED) is 0.798. The van der Waals surface area contributed by atoms with Gasteiger partial charge in [-0.2, -0.15) is 0 Å². The lowest BCUT2D eigenvalue weighted by Crippen LogP contribution is -2.33. The molecule has 25 heavy (non-hydrogen) atoms. The zero-order valence-electron chi connectivity index (χ0n) is 14.1. The molecule has 0 heterocycles. The Morgan fingerprint density at radius 3 is 2.48 bits per heavy atom. The van der Waals surface area contributed by atoms with Crippen LogP contribution in [0, 0.1) is 11.6 Å². The number of carbonyl (C=O) groups excluding carboxylic acids is 1. The van der Waals surface area contributed by atoms with E-state index in [2.05, 4.69) is 0 Å². The molecule has 0 spiro atoms. The van der Waals surface area contributed by atoms with E-state index in [0.29, 0.717) is 11.5 Å². The van der Waals surface area contributed by atoms with Gasteiger partial charge < -0.3 is 14.4 Å². The highest BCUT2D eigenvalue weighted by Gasteiger charge is 2.34. The predicted octanol–water partition coefficient (Wildman–Crippen LogP) is 3.79. The van der Waals surface area contributed by atoms with Gasteiger partial charge in [-0.25, -0.2) is 8.78 Å². The van der Waals surface area contributed by atoms with Crippen molar-refractivity contribution in [1.29, 1.82) is 0 Å². The van der Waals surface area contributed by atoms with Crippen molar-refractivity contribution >= 4 is 5.91 Å². The van der Waals surface area contributed by atoms with E-state index in [-0.39, 0.29) is 18.2 Å². The Hall–Kier alpha value is -2.63.